The van der Waals surface area contributed by atoms with Gasteiger partial charge in [-0.15, -0.1) is 0 Å². The molecule has 0 bridgehead atoms. The number of hydrogen-bond acceptors (Lipinski definition) is 5. The maximum Gasteiger partial charge on any atom is 0.366 e. The highest BCUT2D eigenvalue weighted by Crippen LogP contribution is 2.20. The van der Waals surface area contributed by atoms with Crippen molar-refractivity contribution < 1.29 is 23.1 Å². The van der Waals surface area contributed by atoms with E-state index in [1.165, 1.54) is 0 Å². The third kappa shape index (κ3) is 2.77. The van der Waals surface area contributed by atoms with Crippen LogP contribution in [0.5, 0.6) is 5.75 Å². The minimum absolute atomic E-state index is 0.195. The van der Waals surface area contributed by atoms with E-state index in [9.17, 15) is 13.2 Å². The molecule has 0 atom stereocenters. The van der Waals surface area contributed by atoms with E-state index >= 15 is 0 Å². The normalized spacial score (nSPS) is 16.7. The van der Waals surface area contributed by atoms with Crippen molar-refractivity contribution in [1.29, 1.82) is 0 Å². The summed E-state index contributed by atoms with van der Waals surface area (Å²) in [6.45, 7) is -0.287. The van der Waals surface area contributed by atoms with Gasteiger partial charge in [0.1, 0.15) is 17.3 Å². The smallest absolute Gasteiger partial charge is 0.366 e. The summed E-state index contributed by atoms with van der Waals surface area (Å²) < 4.78 is 28.7. The lowest BCUT2D eigenvalue weighted by molar-refractivity contribution is -0.129. The number of carboxylic acids is 1. The molecule has 8 heteroatoms. The maximum atomic E-state index is 11.7. The first-order chi connectivity index (χ1) is 8.91. The molecule has 0 amide bonds. The molecule has 0 fully saturated rings. The number of nitrogens with zero attached hydrogens (tertiary/aromatic N) is 1. The molecule has 0 saturated heterocycles. The van der Waals surface area contributed by atoms with Crippen molar-refractivity contribution in [1.82, 2.24) is 0 Å². The predicted octanol–water partition coefficient (Wildman–Crippen LogP) is 1.47. The molecule has 1 aromatic carbocycles. The summed E-state index contributed by atoms with van der Waals surface area (Å²) in [5.74, 6) is -1.16. The zero-order chi connectivity index (χ0) is 14.0. The Hall–Kier alpha value is -1.86. The van der Waals surface area contributed by atoms with Crippen molar-refractivity contribution in [2.45, 2.75) is 0 Å². The van der Waals surface area contributed by atoms with Gasteiger partial charge in [0.05, 0.1) is 0 Å². The highest BCUT2D eigenvalue weighted by Gasteiger charge is 2.35. The lowest BCUT2D eigenvalue weighted by Crippen LogP contribution is -2.24. The number of aliphatic imine (C=N–C) groups is 1. The molecule has 0 aliphatic carbocycles. The van der Waals surface area contributed by atoms with E-state index in [4.69, 9.17) is 21.4 Å². The highest BCUT2D eigenvalue weighted by atomic mass is 35.5. The number of aliphatic carboxylic acids is 1. The monoisotopic (exact) mass is 301 g/mol. The first-order valence-corrected chi connectivity index (χ1v) is 6.91. The van der Waals surface area contributed by atoms with E-state index in [2.05, 4.69) is 4.99 Å². The second-order valence-corrected chi connectivity index (χ2v) is 5.94. The molecule has 0 spiro atoms. The first-order valence-electron chi connectivity index (χ1n) is 5.05. The number of ether oxygens (including phenoxy) is 1. The second kappa shape index (κ2) is 5.02. The van der Waals surface area contributed by atoms with Crippen LogP contribution < -0.4 is 4.74 Å². The van der Waals surface area contributed by atoms with Crippen molar-refractivity contribution in [2.75, 3.05) is 6.61 Å². The highest BCUT2D eigenvalue weighted by molar-refractivity contribution is 8.11. The Kier molecular flexibility index (Phi) is 3.59. The third-order valence-electron chi connectivity index (χ3n) is 2.30. The number of hydrogen-bond donors (Lipinski definition) is 1. The van der Waals surface area contributed by atoms with Gasteiger partial charge in [-0.3, -0.25) is 0 Å². The van der Waals surface area contributed by atoms with Crippen molar-refractivity contribution in [3.05, 3.63) is 40.4 Å². The van der Waals surface area contributed by atoms with Gasteiger partial charge in [0.2, 0.25) is 14.9 Å². The Morgan fingerprint density at radius 2 is 1.95 bits per heavy atom. The minimum atomic E-state index is -4.04. The van der Waals surface area contributed by atoms with Gasteiger partial charge in [0, 0.05) is 11.2 Å². The average Bonchev–Trinajstić information content (AvgIpc) is 2.64. The molecule has 6 nitrogen and oxygen atoms in total. The summed E-state index contributed by atoms with van der Waals surface area (Å²) in [5, 5.41) is 8.32. The zero-order valence-electron chi connectivity index (χ0n) is 9.41. The fraction of sp³-hybridized carbons (Fsp3) is 0.0909. The van der Waals surface area contributed by atoms with Crippen LogP contribution in [0.4, 0.5) is 0 Å². The predicted molar refractivity (Wildman–Crippen MR) is 69.0 cm³/mol. The molecule has 1 aliphatic rings. The maximum absolute atomic E-state index is 11.7. The molecule has 100 valence electrons. The average molecular weight is 302 g/mol. The van der Waals surface area contributed by atoms with Gasteiger partial charge in [0.15, 0.2) is 0 Å². The van der Waals surface area contributed by atoms with Gasteiger partial charge in [-0.25, -0.2) is 18.2 Å². The molecular formula is C11H8ClNO5S. The van der Waals surface area contributed by atoms with E-state index in [-0.39, 0.29) is 11.5 Å². The summed E-state index contributed by atoms with van der Waals surface area (Å²) in [7, 11) is -4.04. The number of benzene rings is 1. The molecule has 0 unspecified atom stereocenters. The topological polar surface area (TPSA) is 93.0 Å². The number of carboxylic acid groups (broad SMARTS) is 1. The molecule has 19 heavy (non-hydrogen) atoms. The van der Waals surface area contributed by atoms with Crippen LogP contribution in [0.2, 0.25) is 5.02 Å². The molecule has 1 aliphatic heterocycles. The molecule has 0 radical (unpaired) electrons. The van der Waals surface area contributed by atoms with Crippen LogP contribution in [0.1, 0.15) is 0 Å². The zero-order valence-corrected chi connectivity index (χ0v) is 11.0. The molecule has 0 aromatic heterocycles. The minimum Gasteiger partial charge on any atom is -0.488 e. The fourth-order valence-corrected chi connectivity index (χ4v) is 2.57. The van der Waals surface area contributed by atoms with Crippen molar-refractivity contribution >= 4 is 32.5 Å². The van der Waals surface area contributed by atoms with Crippen LogP contribution in [0.3, 0.4) is 0 Å². The number of carbonyl (C=O) groups is 1. The second-order valence-electron chi connectivity index (χ2n) is 3.58. The Morgan fingerprint density at radius 1 is 1.32 bits per heavy atom. The van der Waals surface area contributed by atoms with Gasteiger partial charge >= 0.3 is 5.97 Å². The molecular weight excluding hydrogens is 294 g/mol. The third-order valence-corrected chi connectivity index (χ3v) is 4.26. The molecule has 1 aromatic rings. The van der Waals surface area contributed by atoms with Crippen molar-refractivity contribution in [3.8, 4) is 5.75 Å². The van der Waals surface area contributed by atoms with E-state index in [1.807, 2.05) is 0 Å². The Balaban J connectivity index is 2.07. The van der Waals surface area contributed by atoms with Gasteiger partial charge in [-0.1, -0.05) is 11.6 Å². The fourth-order valence-electron chi connectivity index (χ4n) is 1.36. The largest absolute Gasteiger partial charge is 0.488 e. The van der Waals surface area contributed by atoms with Crippen molar-refractivity contribution in [2.24, 2.45) is 4.99 Å². The van der Waals surface area contributed by atoms with Crippen LogP contribution in [0.25, 0.3) is 0 Å². The van der Waals surface area contributed by atoms with Crippen LogP contribution in [0, 0.1) is 0 Å². The Morgan fingerprint density at radius 3 is 2.47 bits per heavy atom. The molecule has 0 saturated carbocycles. The molecule has 2 rings (SSSR count). The summed E-state index contributed by atoms with van der Waals surface area (Å²) >= 11 is 5.69. The Labute approximate surface area is 113 Å². The van der Waals surface area contributed by atoms with E-state index in [1.54, 1.807) is 24.3 Å². The number of halogens is 1. The summed E-state index contributed by atoms with van der Waals surface area (Å²) in [4.78, 5) is 13.8. The van der Waals surface area contributed by atoms with E-state index in [0.29, 0.717) is 10.8 Å². The Bertz CT molecular complexity index is 676. The van der Waals surface area contributed by atoms with Crippen molar-refractivity contribution in [3.63, 3.8) is 0 Å². The SMILES string of the molecule is O=C(O)C1=NC=C(COc2ccc(Cl)cc2)S1(=O)=O. The summed E-state index contributed by atoms with van der Waals surface area (Å²) in [5.41, 5.74) is 0. The molecule has 1 heterocycles. The van der Waals surface area contributed by atoms with Crippen LogP contribution >= 0.6 is 11.6 Å². The number of sulfone groups is 1. The number of rotatable bonds is 4. The quantitative estimate of drug-likeness (QED) is 0.909. The van der Waals surface area contributed by atoms with Gasteiger partial charge in [-0.05, 0) is 24.3 Å². The standard InChI is InChI=1S/C11H8ClNO5S/c12-7-1-3-8(4-2-7)18-6-9-5-13-10(11(14)15)19(9,16)17/h1-5H,6H2,(H,14,15). The lowest BCUT2D eigenvalue weighted by atomic mass is 10.3. The van der Waals surface area contributed by atoms with E-state index in [0.717, 1.165) is 6.20 Å². The van der Waals surface area contributed by atoms with Crippen LogP contribution in [0.15, 0.2) is 40.4 Å². The van der Waals surface area contributed by atoms with Gasteiger partial charge < -0.3 is 9.84 Å². The van der Waals surface area contributed by atoms with Crippen LogP contribution in [-0.4, -0.2) is 31.1 Å². The summed E-state index contributed by atoms with van der Waals surface area (Å²) in [6, 6.07) is 6.33. The first kappa shape index (κ1) is 13.6. The summed E-state index contributed by atoms with van der Waals surface area (Å²) in [6.07, 6.45) is 0.981. The van der Waals surface area contributed by atoms with Gasteiger partial charge in [0.25, 0.3) is 0 Å². The lowest BCUT2D eigenvalue weighted by Gasteiger charge is -2.06. The van der Waals surface area contributed by atoms with E-state index < -0.39 is 20.9 Å². The van der Waals surface area contributed by atoms with Crippen LogP contribution in [-0.2, 0) is 14.6 Å². The molecule has 1 N–H and O–H groups in total. The van der Waals surface area contributed by atoms with Gasteiger partial charge in [-0.2, -0.15) is 0 Å².